The fraction of sp³-hybridized carbons (Fsp3) is 0.917. The molecule has 2 fully saturated rings. The number of hydrogen-bond acceptors (Lipinski definition) is 2. The number of amides is 1. The largest absolute Gasteiger partial charge is 0.381 e. The van der Waals surface area contributed by atoms with E-state index in [0.717, 1.165) is 32.6 Å². The molecule has 3 nitrogen and oxygen atoms in total. The smallest absolute Gasteiger partial charge is 0.223 e. The average Bonchev–Trinajstić information content (AvgIpc) is 2.73. The Hall–Kier alpha value is -0.0900. The Balaban J connectivity index is 1.70. The van der Waals surface area contributed by atoms with Crippen molar-refractivity contribution < 1.29 is 9.53 Å². The third-order valence-corrected chi connectivity index (χ3v) is 4.90. The molecule has 1 aliphatic heterocycles. The molecule has 1 N–H and O–H groups in total. The van der Waals surface area contributed by atoms with Crippen molar-refractivity contribution in [3.05, 3.63) is 0 Å². The molecule has 0 spiro atoms. The van der Waals surface area contributed by atoms with Crippen LogP contribution in [-0.2, 0) is 9.53 Å². The molecular weight excluding hydrogens is 270 g/mol. The van der Waals surface area contributed by atoms with Gasteiger partial charge in [-0.05, 0) is 31.6 Å². The number of alkyl halides is 1. The Labute approximate surface area is 105 Å². The lowest BCUT2D eigenvalue weighted by Crippen LogP contribution is -2.37. The lowest BCUT2D eigenvalue weighted by Gasteiger charge is -2.22. The van der Waals surface area contributed by atoms with Crippen LogP contribution in [0.1, 0.15) is 32.1 Å². The van der Waals surface area contributed by atoms with Crippen LogP contribution in [0.5, 0.6) is 0 Å². The van der Waals surface area contributed by atoms with E-state index in [0.29, 0.717) is 10.7 Å². The van der Waals surface area contributed by atoms with E-state index in [1.807, 2.05) is 0 Å². The van der Waals surface area contributed by atoms with Crippen molar-refractivity contribution >= 4 is 21.8 Å². The zero-order valence-electron chi connectivity index (χ0n) is 9.58. The highest BCUT2D eigenvalue weighted by molar-refractivity contribution is 9.09. The molecule has 0 aromatic carbocycles. The molecule has 2 rings (SSSR count). The fourth-order valence-corrected chi connectivity index (χ4v) is 3.33. The maximum atomic E-state index is 11.9. The van der Waals surface area contributed by atoms with Crippen LogP contribution in [0.25, 0.3) is 0 Å². The fourth-order valence-electron chi connectivity index (χ4n) is 2.56. The molecule has 2 aliphatic rings. The Morgan fingerprint density at radius 2 is 2.00 bits per heavy atom. The highest BCUT2D eigenvalue weighted by Gasteiger charge is 2.27. The van der Waals surface area contributed by atoms with Crippen molar-refractivity contribution in [2.45, 2.75) is 36.9 Å². The van der Waals surface area contributed by atoms with Gasteiger partial charge in [-0.2, -0.15) is 0 Å². The van der Waals surface area contributed by atoms with Crippen LogP contribution in [-0.4, -0.2) is 30.5 Å². The summed E-state index contributed by atoms with van der Waals surface area (Å²) in [7, 11) is 0. The van der Waals surface area contributed by atoms with Gasteiger partial charge in [0.15, 0.2) is 0 Å². The molecule has 1 heterocycles. The minimum atomic E-state index is 0.184. The van der Waals surface area contributed by atoms with Gasteiger partial charge in [0.2, 0.25) is 5.91 Å². The summed E-state index contributed by atoms with van der Waals surface area (Å²) in [5.41, 5.74) is 0. The molecule has 16 heavy (non-hydrogen) atoms. The van der Waals surface area contributed by atoms with E-state index in [2.05, 4.69) is 21.2 Å². The second-order valence-electron chi connectivity index (χ2n) is 4.84. The Bertz CT molecular complexity index is 241. The summed E-state index contributed by atoms with van der Waals surface area (Å²) in [6, 6.07) is 0. The summed E-state index contributed by atoms with van der Waals surface area (Å²) in [6.07, 6.45) is 5.54. The highest BCUT2D eigenvalue weighted by Crippen LogP contribution is 2.30. The number of hydrogen-bond donors (Lipinski definition) is 1. The van der Waals surface area contributed by atoms with Crippen molar-refractivity contribution in [2.75, 3.05) is 19.8 Å². The molecule has 92 valence electrons. The molecule has 1 saturated carbocycles. The molecule has 2 atom stereocenters. The number of halogens is 1. The number of nitrogens with one attached hydrogen (secondary N) is 1. The Morgan fingerprint density at radius 1 is 1.25 bits per heavy atom. The first-order valence-electron chi connectivity index (χ1n) is 6.27. The molecule has 0 radical (unpaired) electrons. The minimum Gasteiger partial charge on any atom is -0.381 e. The van der Waals surface area contributed by atoms with Gasteiger partial charge in [0.1, 0.15) is 0 Å². The number of carbonyl (C=O) groups is 1. The first-order valence-corrected chi connectivity index (χ1v) is 7.18. The van der Waals surface area contributed by atoms with Crippen LogP contribution in [0.3, 0.4) is 0 Å². The summed E-state index contributed by atoms with van der Waals surface area (Å²) in [4.78, 5) is 12.5. The molecular formula is C12H20BrNO2. The van der Waals surface area contributed by atoms with E-state index in [1.54, 1.807) is 0 Å². The zero-order chi connectivity index (χ0) is 11.4. The quantitative estimate of drug-likeness (QED) is 0.808. The third-order valence-electron chi connectivity index (χ3n) is 3.70. The van der Waals surface area contributed by atoms with E-state index >= 15 is 0 Å². The summed E-state index contributed by atoms with van der Waals surface area (Å²) >= 11 is 3.68. The summed E-state index contributed by atoms with van der Waals surface area (Å²) in [5, 5.41) is 3.10. The van der Waals surface area contributed by atoms with Gasteiger partial charge in [0.05, 0.1) is 0 Å². The number of ether oxygens (including phenoxy) is 1. The van der Waals surface area contributed by atoms with Crippen LogP contribution >= 0.6 is 15.9 Å². The maximum Gasteiger partial charge on any atom is 0.223 e. The molecule has 4 heteroatoms. The third kappa shape index (κ3) is 3.20. The molecule has 2 unspecified atom stereocenters. The standard InChI is InChI=1S/C12H20BrNO2/c13-11-3-1-2-10(11)8-14-12(15)9-4-6-16-7-5-9/h9-11H,1-8H2,(H,14,15). The van der Waals surface area contributed by atoms with Gasteiger partial charge in [0, 0.05) is 30.5 Å². The molecule has 1 aliphatic carbocycles. The van der Waals surface area contributed by atoms with Crippen LogP contribution in [0.4, 0.5) is 0 Å². The van der Waals surface area contributed by atoms with Gasteiger partial charge in [-0.1, -0.05) is 22.4 Å². The second-order valence-corrected chi connectivity index (χ2v) is 6.01. The lowest BCUT2D eigenvalue weighted by atomic mass is 9.99. The highest BCUT2D eigenvalue weighted by atomic mass is 79.9. The SMILES string of the molecule is O=C(NCC1CCCC1Br)C1CCOCC1. The monoisotopic (exact) mass is 289 g/mol. The molecule has 1 amide bonds. The molecule has 0 bridgehead atoms. The first-order chi connectivity index (χ1) is 7.77. The molecule has 1 saturated heterocycles. The predicted molar refractivity (Wildman–Crippen MR) is 66.6 cm³/mol. The normalized spacial score (nSPS) is 31.6. The average molecular weight is 290 g/mol. The van der Waals surface area contributed by atoms with Crippen molar-refractivity contribution in [3.8, 4) is 0 Å². The molecule has 0 aromatic rings. The lowest BCUT2D eigenvalue weighted by molar-refractivity contribution is -0.128. The summed E-state index contributed by atoms with van der Waals surface area (Å²) in [5.74, 6) is 1.04. The summed E-state index contributed by atoms with van der Waals surface area (Å²) in [6.45, 7) is 2.32. The van der Waals surface area contributed by atoms with Crippen molar-refractivity contribution in [1.82, 2.24) is 5.32 Å². The van der Waals surface area contributed by atoms with E-state index in [-0.39, 0.29) is 11.8 Å². The second kappa shape index (κ2) is 6.01. The van der Waals surface area contributed by atoms with Gasteiger partial charge in [-0.3, -0.25) is 4.79 Å². The number of rotatable bonds is 3. The van der Waals surface area contributed by atoms with Crippen LogP contribution in [0.15, 0.2) is 0 Å². The molecule has 0 aromatic heterocycles. The maximum absolute atomic E-state index is 11.9. The van der Waals surface area contributed by atoms with Crippen molar-refractivity contribution in [3.63, 3.8) is 0 Å². The van der Waals surface area contributed by atoms with Gasteiger partial charge in [-0.25, -0.2) is 0 Å². The van der Waals surface area contributed by atoms with Gasteiger partial charge >= 0.3 is 0 Å². The topological polar surface area (TPSA) is 38.3 Å². The van der Waals surface area contributed by atoms with Crippen LogP contribution < -0.4 is 5.32 Å². The van der Waals surface area contributed by atoms with E-state index in [4.69, 9.17) is 4.74 Å². The Morgan fingerprint density at radius 3 is 2.62 bits per heavy atom. The summed E-state index contributed by atoms with van der Waals surface area (Å²) < 4.78 is 5.26. The van der Waals surface area contributed by atoms with E-state index < -0.39 is 0 Å². The van der Waals surface area contributed by atoms with Gasteiger partial charge in [-0.15, -0.1) is 0 Å². The van der Waals surface area contributed by atoms with Gasteiger partial charge in [0.25, 0.3) is 0 Å². The van der Waals surface area contributed by atoms with Gasteiger partial charge < -0.3 is 10.1 Å². The van der Waals surface area contributed by atoms with Crippen LogP contribution in [0, 0.1) is 11.8 Å². The van der Waals surface area contributed by atoms with E-state index in [9.17, 15) is 4.79 Å². The minimum absolute atomic E-state index is 0.184. The Kier molecular flexibility index (Phi) is 4.65. The van der Waals surface area contributed by atoms with E-state index in [1.165, 1.54) is 19.3 Å². The first kappa shape index (κ1) is 12.4. The van der Waals surface area contributed by atoms with Crippen molar-refractivity contribution in [2.24, 2.45) is 11.8 Å². The predicted octanol–water partition coefficient (Wildman–Crippen LogP) is 2.09. The number of carbonyl (C=O) groups excluding carboxylic acids is 1. The van der Waals surface area contributed by atoms with Crippen LogP contribution in [0.2, 0.25) is 0 Å². The zero-order valence-corrected chi connectivity index (χ0v) is 11.2. The van der Waals surface area contributed by atoms with Crippen molar-refractivity contribution in [1.29, 1.82) is 0 Å².